The molecule has 0 atom stereocenters. The molecule has 0 bridgehead atoms. The quantitative estimate of drug-likeness (QED) is 0.716. The summed E-state index contributed by atoms with van der Waals surface area (Å²) in [5.41, 5.74) is 3.27. The molecule has 0 aliphatic heterocycles. The largest absolute Gasteiger partial charge is 0.340 e. The van der Waals surface area contributed by atoms with Gasteiger partial charge in [0.15, 0.2) is 0 Å². The lowest BCUT2D eigenvalue weighted by atomic mass is 10.1. The van der Waals surface area contributed by atoms with Gasteiger partial charge in [0.2, 0.25) is 5.91 Å². The molecular formula is C22H18N4O. The van der Waals surface area contributed by atoms with Gasteiger partial charge in [-0.2, -0.15) is 0 Å². The predicted octanol–water partition coefficient (Wildman–Crippen LogP) is 2.99. The second-order valence-electron chi connectivity index (χ2n) is 6.05. The monoisotopic (exact) mass is 354 g/mol. The van der Waals surface area contributed by atoms with Gasteiger partial charge in [-0.1, -0.05) is 24.0 Å². The van der Waals surface area contributed by atoms with Crippen LogP contribution in [0.3, 0.4) is 0 Å². The van der Waals surface area contributed by atoms with E-state index < -0.39 is 0 Å². The SMILES string of the molecule is C#CCN(C)C(=O)Cc1ccc2ncnc(Nc3cccc(C#C)c3)c2c1. The Hall–Kier alpha value is -3.83. The minimum atomic E-state index is -0.0413. The van der Waals surface area contributed by atoms with E-state index in [1.807, 2.05) is 42.5 Å². The Morgan fingerprint density at radius 3 is 2.81 bits per heavy atom. The lowest BCUT2D eigenvalue weighted by molar-refractivity contribution is -0.128. The number of benzene rings is 2. The number of carbonyl (C=O) groups is 1. The maximum Gasteiger partial charge on any atom is 0.227 e. The molecule has 0 aliphatic carbocycles. The van der Waals surface area contributed by atoms with Crippen molar-refractivity contribution >= 4 is 28.3 Å². The van der Waals surface area contributed by atoms with E-state index in [0.717, 1.165) is 27.7 Å². The van der Waals surface area contributed by atoms with Crippen LogP contribution < -0.4 is 5.32 Å². The number of carbonyl (C=O) groups excluding carboxylic acids is 1. The zero-order valence-corrected chi connectivity index (χ0v) is 14.9. The fourth-order valence-corrected chi connectivity index (χ4v) is 2.67. The van der Waals surface area contributed by atoms with Crippen LogP contribution in [-0.2, 0) is 11.2 Å². The second-order valence-corrected chi connectivity index (χ2v) is 6.05. The fourth-order valence-electron chi connectivity index (χ4n) is 2.67. The average molecular weight is 354 g/mol. The van der Waals surface area contributed by atoms with Crippen LogP contribution in [0.2, 0.25) is 0 Å². The van der Waals surface area contributed by atoms with Crippen molar-refractivity contribution in [2.75, 3.05) is 18.9 Å². The van der Waals surface area contributed by atoms with Crippen LogP contribution in [0, 0.1) is 24.7 Å². The molecule has 132 valence electrons. The van der Waals surface area contributed by atoms with Gasteiger partial charge in [-0.3, -0.25) is 4.79 Å². The number of rotatable bonds is 5. The third kappa shape index (κ3) is 4.23. The molecule has 0 spiro atoms. The first kappa shape index (κ1) is 18.0. The van der Waals surface area contributed by atoms with Crippen LogP contribution in [0.15, 0.2) is 48.8 Å². The Morgan fingerprint density at radius 2 is 2.04 bits per heavy atom. The molecule has 1 amide bonds. The highest BCUT2D eigenvalue weighted by Gasteiger charge is 2.11. The molecule has 5 nitrogen and oxygen atoms in total. The fraction of sp³-hybridized carbons (Fsp3) is 0.136. The number of aromatic nitrogens is 2. The molecule has 1 heterocycles. The van der Waals surface area contributed by atoms with E-state index in [2.05, 4.69) is 27.1 Å². The van der Waals surface area contributed by atoms with Gasteiger partial charge in [0.1, 0.15) is 12.1 Å². The van der Waals surface area contributed by atoms with E-state index in [-0.39, 0.29) is 18.9 Å². The molecule has 1 aromatic heterocycles. The van der Waals surface area contributed by atoms with E-state index in [4.69, 9.17) is 12.8 Å². The molecule has 3 rings (SSSR count). The number of fused-ring (bicyclic) bond motifs is 1. The third-order valence-corrected chi connectivity index (χ3v) is 4.10. The van der Waals surface area contributed by atoms with Crippen molar-refractivity contribution in [2.45, 2.75) is 6.42 Å². The van der Waals surface area contributed by atoms with Crippen molar-refractivity contribution in [3.63, 3.8) is 0 Å². The summed E-state index contributed by atoms with van der Waals surface area (Å²) >= 11 is 0. The molecule has 0 unspecified atom stereocenters. The first-order valence-electron chi connectivity index (χ1n) is 8.35. The first-order chi connectivity index (χ1) is 13.1. The van der Waals surface area contributed by atoms with Crippen LogP contribution in [0.25, 0.3) is 10.9 Å². The molecule has 27 heavy (non-hydrogen) atoms. The number of terminal acetylenes is 2. The van der Waals surface area contributed by atoms with E-state index in [9.17, 15) is 4.79 Å². The minimum Gasteiger partial charge on any atom is -0.340 e. The summed E-state index contributed by atoms with van der Waals surface area (Å²) in [5, 5.41) is 4.10. The topological polar surface area (TPSA) is 58.1 Å². The van der Waals surface area contributed by atoms with Gasteiger partial charge in [0, 0.05) is 23.7 Å². The van der Waals surface area contributed by atoms with Gasteiger partial charge in [-0.15, -0.1) is 12.8 Å². The minimum absolute atomic E-state index is 0.0413. The van der Waals surface area contributed by atoms with Crippen molar-refractivity contribution in [3.05, 3.63) is 59.9 Å². The van der Waals surface area contributed by atoms with E-state index in [0.29, 0.717) is 5.82 Å². The zero-order chi connectivity index (χ0) is 19.2. The Labute approximate surface area is 158 Å². The second kappa shape index (κ2) is 8.03. The lowest BCUT2D eigenvalue weighted by Crippen LogP contribution is -2.28. The van der Waals surface area contributed by atoms with Crippen molar-refractivity contribution in [2.24, 2.45) is 0 Å². The average Bonchev–Trinajstić information content (AvgIpc) is 2.68. The molecule has 0 aliphatic rings. The van der Waals surface area contributed by atoms with Gasteiger partial charge in [-0.05, 0) is 35.9 Å². The summed E-state index contributed by atoms with van der Waals surface area (Å²) in [6, 6.07) is 13.2. The molecule has 0 saturated carbocycles. The Balaban J connectivity index is 1.91. The highest BCUT2D eigenvalue weighted by molar-refractivity contribution is 5.92. The number of hydrogen-bond donors (Lipinski definition) is 1. The Bertz CT molecular complexity index is 1080. The maximum absolute atomic E-state index is 12.2. The number of anilines is 2. The summed E-state index contributed by atoms with van der Waals surface area (Å²) in [4.78, 5) is 22.4. The third-order valence-electron chi connectivity index (χ3n) is 4.10. The van der Waals surface area contributed by atoms with Gasteiger partial charge >= 0.3 is 0 Å². The zero-order valence-electron chi connectivity index (χ0n) is 14.9. The number of hydrogen-bond acceptors (Lipinski definition) is 4. The number of likely N-dealkylation sites (N-methyl/N-ethyl adjacent to an activating group) is 1. The molecule has 3 aromatic rings. The van der Waals surface area contributed by atoms with Crippen molar-refractivity contribution in [1.82, 2.24) is 14.9 Å². The van der Waals surface area contributed by atoms with Crippen molar-refractivity contribution < 1.29 is 4.79 Å². The molecule has 0 fully saturated rings. The Morgan fingerprint density at radius 1 is 1.19 bits per heavy atom. The van der Waals surface area contributed by atoms with Crippen LogP contribution in [0.5, 0.6) is 0 Å². The highest BCUT2D eigenvalue weighted by Crippen LogP contribution is 2.24. The molecule has 2 aromatic carbocycles. The summed E-state index contributed by atoms with van der Waals surface area (Å²) in [5.74, 6) is 5.70. The van der Waals surface area contributed by atoms with Crippen LogP contribution in [0.1, 0.15) is 11.1 Å². The van der Waals surface area contributed by atoms with Gasteiger partial charge < -0.3 is 10.2 Å². The number of nitrogens with zero attached hydrogens (tertiary/aromatic N) is 3. The number of amides is 1. The van der Waals surface area contributed by atoms with Crippen LogP contribution in [-0.4, -0.2) is 34.4 Å². The smallest absolute Gasteiger partial charge is 0.227 e. The summed E-state index contributed by atoms with van der Waals surface area (Å²) < 4.78 is 0. The van der Waals surface area contributed by atoms with Crippen molar-refractivity contribution in [3.8, 4) is 24.7 Å². The molecule has 0 radical (unpaired) electrons. The molecule has 1 N–H and O–H groups in total. The summed E-state index contributed by atoms with van der Waals surface area (Å²) in [6.07, 6.45) is 12.5. The van der Waals surface area contributed by atoms with E-state index >= 15 is 0 Å². The number of nitrogens with one attached hydrogen (secondary N) is 1. The molecular weight excluding hydrogens is 336 g/mol. The standard InChI is InChI=1S/C22H18N4O/c1-4-11-26(3)21(27)14-17-9-10-20-19(13-17)22(24-15-23-20)25-18-8-6-7-16(5-2)12-18/h1-2,6-10,12-13,15H,11,14H2,3H3,(H,23,24,25). The first-order valence-corrected chi connectivity index (χ1v) is 8.35. The Kier molecular flexibility index (Phi) is 5.35. The van der Waals surface area contributed by atoms with Crippen molar-refractivity contribution in [1.29, 1.82) is 0 Å². The van der Waals surface area contributed by atoms with Gasteiger partial charge in [0.25, 0.3) is 0 Å². The predicted molar refractivity (Wildman–Crippen MR) is 107 cm³/mol. The highest BCUT2D eigenvalue weighted by atomic mass is 16.2. The summed E-state index contributed by atoms with van der Waals surface area (Å²) in [7, 11) is 1.69. The molecule has 5 heteroatoms. The molecule has 0 saturated heterocycles. The van der Waals surface area contributed by atoms with Gasteiger partial charge in [0.05, 0.1) is 18.5 Å². The van der Waals surface area contributed by atoms with Gasteiger partial charge in [-0.25, -0.2) is 9.97 Å². The lowest BCUT2D eigenvalue weighted by Gasteiger charge is -2.14. The normalized spacial score (nSPS) is 10.0. The van der Waals surface area contributed by atoms with E-state index in [1.165, 1.54) is 11.2 Å². The van der Waals surface area contributed by atoms with E-state index in [1.54, 1.807) is 7.05 Å². The van der Waals surface area contributed by atoms with Crippen LogP contribution >= 0.6 is 0 Å². The maximum atomic E-state index is 12.2. The summed E-state index contributed by atoms with van der Waals surface area (Å²) in [6.45, 7) is 0.286. The van der Waals surface area contributed by atoms with Crippen LogP contribution in [0.4, 0.5) is 11.5 Å².